The van der Waals surface area contributed by atoms with E-state index in [4.69, 9.17) is 9.72 Å². The van der Waals surface area contributed by atoms with E-state index in [0.29, 0.717) is 0 Å². The summed E-state index contributed by atoms with van der Waals surface area (Å²) in [5.74, 6) is 2.43. The van der Waals surface area contributed by atoms with Crippen LogP contribution in [0.2, 0.25) is 0 Å². The minimum absolute atomic E-state index is 0.755. The molecule has 0 aliphatic heterocycles. The SMILES string of the molecule is Cn1ccnc1-c1cc(Oc2cccc(-c3ccccn3)c2)c2c(c1)-c1ccccc1-c1cccc3cccc-2c13. The summed E-state index contributed by atoms with van der Waals surface area (Å²) in [4.78, 5) is 9.24. The molecule has 1 aliphatic carbocycles. The summed E-state index contributed by atoms with van der Waals surface area (Å²) in [5, 5.41) is 2.44. The zero-order valence-electron chi connectivity index (χ0n) is 22.5. The molecule has 0 saturated heterocycles. The number of pyridine rings is 1. The highest BCUT2D eigenvalue weighted by atomic mass is 16.5. The number of benzene rings is 5. The molecule has 0 spiro atoms. The Bertz CT molecular complexity index is 2090. The van der Waals surface area contributed by atoms with E-state index >= 15 is 0 Å². The van der Waals surface area contributed by atoms with Gasteiger partial charge in [-0.25, -0.2) is 4.98 Å². The molecule has 0 fully saturated rings. The van der Waals surface area contributed by atoms with Crippen LogP contribution in [-0.2, 0) is 7.05 Å². The van der Waals surface area contributed by atoms with Crippen molar-refractivity contribution in [3.8, 4) is 67.5 Å². The van der Waals surface area contributed by atoms with Gasteiger partial charge in [0.05, 0.1) is 5.69 Å². The van der Waals surface area contributed by atoms with E-state index in [1.807, 2.05) is 60.5 Å². The minimum Gasteiger partial charge on any atom is -0.457 e. The van der Waals surface area contributed by atoms with E-state index < -0.39 is 0 Å². The first-order valence-corrected chi connectivity index (χ1v) is 13.7. The first-order chi connectivity index (χ1) is 20.2. The topological polar surface area (TPSA) is 39.9 Å². The smallest absolute Gasteiger partial charge is 0.139 e. The lowest BCUT2D eigenvalue weighted by molar-refractivity contribution is 0.485. The fourth-order valence-electron chi connectivity index (χ4n) is 6.07. The van der Waals surface area contributed by atoms with Crippen molar-refractivity contribution >= 4 is 10.8 Å². The van der Waals surface area contributed by atoms with E-state index in [0.717, 1.165) is 50.8 Å². The van der Waals surface area contributed by atoms with Crippen molar-refractivity contribution in [2.45, 2.75) is 0 Å². The lowest BCUT2D eigenvalue weighted by Crippen LogP contribution is -1.97. The van der Waals surface area contributed by atoms with Crippen LogP contribution in [0, 0.1) is 0 Å². The van der Waals surface area contributed by atoms with Gasteiger partial charge in [-0.1, -0.05) is 78.9 Å². The van der Waals surface area contributed by atoms with Crippen molar-refractivity contribution in [3.05, 3.63) is 134 Å². The van der Waals surface area contributed by atoms with Gasteiger partial charge in [0.1, 0.15) is 17.3 Å². The number of hydrogen-bond donors (Lipinski definition) is 0. The summed E-state index contributed by atoms with van der Waals surface area (Å²) in [5.41, 5.74) is 9.89. The molecule has 5 aromatic carbocycles. The maximum absolute atomic E-state index is 6.87. The number of aromatic nitrogens is 3. The van der Waals surface area contributed by atoms with Crippen molar-refractivity contribution in [2.75, 3.05) is 0 Å². The molecule has 2 heterocycles. The van der Waals surface area contributed by atoms with Gasteiger partial charge in [-0.05, 0) is 75.0 Å². The van der Waals surface area contributed by atoms with Crippen LogP contribution in [0.3, 0.4) is 0 Å². The van der Waals surface area contributed by atoms with Gasteiger partial charge >= 0.3 is 0 Å². The van der Waals surface area contributed by atoms with Crippen LogP contribution in [0.4, 0.5) is 0 Å². The number of rotatable bonds is 4. The molecular weight excluding hydrogens is 502 g/mol. The Labute approximate surface area is 238 Å². The van der Waals surface area contributed by atoms with Gasteiger partial charge in [0.2, 0.25) is 0 Å². The quantitative estimate of drug-likeness (QED) is 0.229. The third-order valence-electron chi connectivity index (χ3n) is 7.89. The number of nitrogens with zero attached hydrogens (tertiary/aromatic N) is 3. The summed E-state index contributed by atoms with van der Waals surface area (Å²) in [7, 11) is 2.02. The number of aryl methyl sites for hydroxylation is 1. The molecule has 0 atom stereocenters. The molecule has 0 bridgehead atoms. The van der Waals surface area contributed by atoms with Gasteiger partial charge in [-0.3, -0.25) is 4.98 Å². The van der Waals surface area contributed by atoms with E-state index in [1.165, 1.54) is 27.5 Å². The molecule has 4 heteroatoms. The third kappa shape index (κ3) is 3.84. The fraction of sp³-hybridized carbons (Fsp3) is 0.0270. The summed E-state index contributed by atoms with van der Waals surface area (Å²) in [6, 6.07) is 40.3. The van der Waals surface area contributed by atoms with Crippen molar-refractivity contribution in [1.29, 1.82) is 0 Å². The summed E-state index contributed by atoms with van der Waals surface area (Å²) >= 11 is 0. The number of fused-ring (bicyclic) bond motifs is 5. The second kappa shape index (κ2) is 9.32. The van der Waals surface area contributed by atoms with Gasteiger partial charge in [0, 0.05) is 42.3 Å². The van der Waals surface area contributed by atoms with Crippen LogP contribution < -0.4 is 4.74 Å². The van der Waals surface area contributed by atoms with Crippen molar-refractivity contribution in [1.82, 2.24) is 14.5 Å². The van der Waals surface area contributed by atoms with Crippen LogP contribution in [0.5, 0.6) is 11.5 Å². The van der Waals surface area contributed by atoms with Gasteiger partial charge in [0.15, 0.2) is 0 Å². The standard InChI is InChI=1S/C37H25N3O/c1-40-20-19-39-37(40)26-22-32-29-14-3-2-13-28(29)30-15-7-9-24-10-8-16-31(35(24)30)36(32)34(23-26)41-27-12-6-11-25(21-27)33-17-4-5-18-38-33/h2-23H,1H3. The molecule has 194 valence electrons. The normalized spacial score (nSPS) is 11.5. The maximum Gasteiger partial charge on any atom is 0.139 e. The number of ether oxygens (including phenoxy) is 1. The maximum atomic E-state index is 6.87. The summed E-state index contributed by atoms with van der Waals surface area (Å²) < 4.78 is 8.92. The van der Waals surface area contributed by atoms with Gasteiger partial charge in [-0.15, -0.1) is 0 Å². The van der Waals surface area contributed by atoms with Crippen molar-refractivity contribution in [3.63, 3.8) is 0 Å². The fourth-order valence-corrected chi connectivity index (χ4v) is 6.07. The van der Waals surface area contributed by atoms with Gasteiger partial charge in [-0.2, -0.15) is 0 Å². The monoisotopic (exact) mass is 527 g/mol. The zero-order chi connectivity index (χ0) is 27.3. The number of imidazole rings is 1. The second-order valence-corrected chi connectivity index (χ2v) is 10.4. The molecule has 1 aliphatic rings. The van der Waals surface area contributed by atoms with Crippen molar-refractivity contribution < 1.29 is 4.74 Å². The largest absolute Gasteiger partial charge is 0.457 e. The van der Waals surface area contributed by atoms with Crippen LogP contribution in [0.15, 0.2) is 134 Å². The van der Waals surface area contributed by atoms with Crippen LogP contribution in [0.25, 0.3) is 66.8 Å². The average molecular weight is 528 g/mol. The minimum atomic E-state index is 0.755. The zero-order valence-corrected chi connectivity index (χ0v) is 22.5. The summed E-state index contributed by atoms with van der Waals surface area (Å²) in [6.07, 6.45) is 5.62. The van der Waals surface area contributed by atoms with Gasteiger partial charge in [0.25, 0.3) is 0 Å². The Morgan fingerprint density at radius 1 is 0.585 bits per heavy atom. The summed E-state index contributed by atoms with van der Waals surface area (Å²) in [6.45, 7) is 0. The second-order valence-electron chi connectivity index (χ2n) is 10.4. The Kier molecular flexibility index (Phi) is 5.32. The molecule has 0 saturated carbocycles. The first-order valence-electron chi connectivity index (χ1n) is 13.7. The lowest BCUT2D eigenvalue weighted by Gasteiger charge is -2.19. The van der Waals surface area contributed by atoms with E-state index in [2.05, 4.69) is 89.9 Å². The first kappa shape index (κ1) is 23.4. The average Bonchev–Trinajstić information content (AvgIpc) is 3.41. The molecule has 7 aromatic rings. The highest BCUT2D eigenvalue weighted by molar-refractivity contribution is 6.14. The van der Waals surface area contributed by atoms with Crippen LogP contribution >= 0.6 is 0 Å². The van der Waals surface area contributed by atoms with Gasteiger partial charge < -0.3 is 9.30 Å². The highest BCUT2D eigenvalue weighted by Crippen LogP contribution is 2.52. The molecule has 0 unspecified atom stereocenters. The molecule has 2 aromatic heterocycles. The molecule has 41 heavy (non-hydrogen) atoms. The molecular formula is C37H25N3O. The lowest BCUT2D eigenvalue weighted by atomic mass is 9.91. The molecule has 0 N–H and O–H groups in total. The van der Waals surface area contributed by atoms with E-state index in [1.54, 1.807) is 0 Å². The Balaban J connectivity index is 1.43. The molecule has 0 amide bonds. The number of hydrogen-bond acceptors (Lipinski definition) is 3. The third-order valence-corrected chi connectivity index (χ3v) is 7.89. The molecule has 4 nitrogen and oxygen atoms in total. The van der Waals surface area contributed by atoms with Crippen LogP contribution in [0.1, 0.15) is 0 Å². The van der Waals surface area contributed by atoms with E-state index in [9.17, 15) is 0 Å². The van der Waals surface area contributed by atoms with Crippen molar-refractivity contribution in [2.24, 2.45) is 7.05 Å². The Morgan fingerprint density at radius 3 is 2.12 bits per heavy atom. The highest BCUT2D eigenvalue weighted by Gasteiger charge is 2.26. The Morgan fingerprint density at radius 2 is 1.34 bits per heavy atom. The van der Waals surface area contributed by atoms with Crippen LogP contribution in [-0.4, -0.2) is 14.5 Å². The van der Waals surface area contributed by atoms with E-state index in [-0.39, 0.29) is 0 Å². The predicted octanol–water partition coefficient (Wildman–Crippen LogP) is 9.41. The molecule has 8 rings (SSSR count). The Hall–Kier alpha value is -5.48. The predicted molar refractivity (Wildman–Crippen MR) is 166 cm³/mol. The molecule has 0 radical (unpaired) electrons.